The van der Waals surface area contributed by atoms with Crippen LogP contribution in [-0.2, 0) is 0 Å². The Morgan fingerprint density at radius 1 is 1.19 bits per heavy atom. The van der Waals surface area contributed by atoms with Crippen LogP contribution in [0, 0.1) is 5.92 Å². The zero-order valence-electron chi connectivity index (χ0n) is 11.0. The van der Waals surface area contributed by atoms with Gasteiger partial charge >= 0.3 is 6.03 Å². The predicted molar refractivity (Wildman–Crippen MR) is 67.5 cm³/mol. The minimum absolute atomic E-state index is 0.141. The van der Waals surface area contributed by atoms with E-state index in [1.807, 2.05) is 4.90 Å². The summed E-state index contributed by atoms with van der Waals surface area (Å²) in [4.78, 5) is 14.0. The minimum Gasteiger partial charge on any atom is -0.335 e. The Kier molecular flexibility index (Phi) is 5.64. The zero-order valence-corrected chi connectivity index (χ0v) is 11.0. The lowest BCUT2D eigenvalue weighted by atomic mass is 10.0. The molecular weight excluding hydrogens is 200 g/mol. The van der Waals surface area contributed by atoms with E-state index in [2.05, 4.69) is 26.1 Å². The van der Waals surface area contributed by atoms with Crippen LogP contribution in [0.5, 0.6) is 0 Å². The van der Waals surface area contributed by atoms with E-state index in [1.54, 1.807) is 0 Å². The van der Waals surface area contributed by atoms with E-state index in [9.17, 15) is 4.79 Å². The van der Waals surface area contributed by atoms with E-state index in [-0.39, 0.29) is 6.03 Å². The molecule has 3 nitrogen and oxygen atoms in total. The summed E-state index contributed by atoms with van der Waals surface area (Å²) < 4.78 is 0. The van der Waals surface area contributed by atoms with Crippen molar-refractivity contribution in [1.82, 2.24) is 10.2 Å². The van der Waals surface area contributed by atoms with Crippen LogP contribution in [0.4, 0.5) is 4.79 Å². The van der Waals surface area contributed by atoms with Crippen LogP contribution in [0.1, 0.15) is 52.9 Å². The lowest BCUT2D eigenvalue weighted by Crippen LogP contribution is -2.46. The molecule has 2 amide bonds. The van der Waals surface area contributed by atoms with E-state index in [0.717, 1.165) is 32.4 Å². The van der Waals surface area contributed by atoms with Gasteiger partial charge in [0.1, 0.15) is 0 Å². The Bertz CT molecular complexity index is 208. The van der Waals surface area contributed by atoms with E-state index in [0.29, 0.717) is 12.0 Å². The van der Waals surface area contributed by atoms with Gasteiger partial charge in [0.15, 0.2) is 0 Å². The molecule has 1 heterocycles. The average Bonchev–Trinajstić information content (AvgIpc) is 2.53. The van der Waals surface area contributed by atoms with Gasteiger partial charge in [0.05, 0.1) is 0 Å². The Balaban J connectivity index is 2.42. The molecule has 1 fully saturated rings. The minimum atomic E-state index is 0.141. The van der Waals surface area contributed by atoms with Crippen molar-refractivity contribution >= 4 is 6.03 Å². The summed E-state index contributed by atoms with van der Waals surface area (Å²) in [6.07, 6.45) is 5.87. The maximum atomic E-state index is 12.0. The highest BCUT2D eigenvalue weighted by Crippen LogP contribution is 2.11. The van der Waals surface area contributed by atoms with Gasteiger partial charge in [-0.3, -0.25) is 0 Å². The third-order valence-corrected chi connectivity index (χ3v) is 3.45. The van der Waals surface area contributed by atoms with Crippen molar-refractivity contribution in [3.63, 3.8) is 0 Å². The summed E-state index contributed by atoms with van der Waals surface area (Å²) in [7, 11) is 0. The molecule has 1 aliphatic rings. The van der Waals surface area contributed by atoms with Crippen LogP contribution < -0.4 is 5.32 Å². The van der Waals surface area contributed by atoms with Crippen LogP contribution in [0.3, 0.4) is 0 Å². The fourth-order valence-electron chi connectivity index (χ4n) is 2.26. The first kappa shape index (κ1) is 13.3. The number of urea groups is 1. The van der Waals surface area contributed by atoms with E-state index in [1.165, 1.54) is 12.8 Å². The van der Waals surface area contributed by atoms with Gasteiger partial charge in [-0.2, -0.15) is 0 Å². The van der Waals surface area contributed by atoms with Crippen molar-refractivity contribution in [2.45, 2.75) is 58.9 Å². The largest absolute Gasteiger partial charge is 0.335 e. The van der Waals surface area contributed by atoms with Crippen molar-refractivity contribution in [2.24, 2.45) is 5.92 Å². The second kappa shape index (κ2) is 6.77. The Hall–Kier alpha value is -0.730. The first-order valence-electron chi connectivity index (χ1n) is 6.70. The maximum absolute atomic E-state index is 12.0. The van der Waals surface area contributed by atoms with Crippen molar-refractivity contribution in [3.8, 4) is 0 Å². The van der Waals surface area contributed by atoms with Gasteiger partial charge in [0.25, 0.3) is 0 Å². The van der Waals surface area contributed by atoms with Crippen LogP contribution in [0.15, 0.2) is 0 Å². The number of hydrogen-bond donors (Lipinski definition) is 1. The zero-order chi connectivity index (χ0) is 12.0. The second-order valence-electron chi connectivity index (χ2n) is 5.11. The molecule has 1 N–H and O–H groups in total. The number of carbonyl (C=O) groups is 1. The summed E-state index contributed by atoms with van der Waals surface area (Å²) in [6.45, 7) is 8.32. The highest BCUT2D eigenvalue weighted by molar-refractivity contribution is 5.74. The number of likely N-dealkylation sites (tertiary alicyclic amines) is 1. The third kappa shape index (κ3) is 4.03. The lowest BCUT2D eigenvalue weighted by molar-refractivity contribution is 0.191. The van der Waals surface area contributed by atoms with Gasteiger partial charge in [0.2, 0.25) is 0 Å². The molecule has 0 spiro atoms. The summed E-state index contributed by atoms with van der Waals surface area (Å²) in [5, 5.41) is 3.15. The molecule has 0 aromatic carbocycles. The normalized spacial score (nSPS) is 19.4. The van der Waals surface area contributed by atoms with Gasteiger partial charge in [-0.1, -0.05) is 33.6 Å². The van der Waals surface area contributed by atoms with Gasteiger partial charge < -0.3 is 10.2 Å². The van der Waals surface area contributed by atoms with Gasteiger partial charge in [-0.05, 0) is 25.2 Å². The quantitative estimate of drug-likeness (QED) is 0.788. The van der Waals surface area contributed by atoms with E-state index >= 15 is 0 Å². The fourth-order valence-corrected chi connectivity index (χ4v) is 2.26. The summed E-state index contributed by atoms with van der Waals surface area (Å²) in [5.41, 5.74) is 0. The van der Waals surface area contributed by atoms with E-state index < -0.39 is 0 Å². The molecule has 1 unspecified atom stereocenters. The topological polar surface area (TPSA) is 32.3 Å². The van der Waals surface area contributed by atoms with Crippen LogP contribution in [-0.4, -0.2) is 30.1 Å². The Morgan fingerprint density at radius 2 is 1.75 bits per heavy atom. The van der Waals surface area contributed by atoms with E-state index in [4.69, 9.17) is 0 Å². The first-order chi connectivity index (χ1) is 7.65. The monoisotopic (exact) mass is 226 g/mol. The predicted octanol–water partition coefficient (Wildman–Crippen LogP) is 3.01. The number of nitrogens with one attached hydrogen (secondary N) is 1. The number of nitrogens with zero attached hydrogens (tertiary/aromatic N) is 1. The molecule has 0 radical (unpaired) electrons. The average molecular weight is 226 g/mol. The standard InChI is InChI=1S/C13H26N2O/c1-4-12(11(2)3)14-13(16)15-9-7-5-6-8-10-15/h11-12H,4-10H2,1-3H3,(H,14,16). The summed E-state index contributed by atoms with van der Waals surface area (Å²) in [6, 6.07) is 0.457. The molecule has 1 aliphatic heterocycles. The van der Waals surface area contributed by atoms with Crippen molar-refractivity contribution in [3.05, 3.63) is 0 Å². The SMILES string of the molecule is CCC(NC(=O)N1CCCCCC1)C(C)C. The Morgan fingerprint density at radius 3 is 2.19 bits per heavy atom. The second-order valence-corrected chi connectivity index (χ2v) is 5.11. The van der Waals surface area contributed by atoms with Crippen LogP contribution >= 0.6 is 0 Å². The number of carbonyl (C=O) groups excluding carboxylic acids is 1. The smallest absolute Gasteiger partial charge is 0.317 e. The molecule has 0 saturated carbocycles. The first-order valence-corrected chi connectivity index (χ1v) is 6.70. The molecule has 0 aliphatic carbocycles. The molecule has 16 heavy (non-hydrogen) atoms. The third-order valence-electron chi connectivity index (χ3n) is 3.45. The Labute approximate surface area is 99.6 Å². The number of amides is 2. The summed E-state index contributed by atoms with van der Waals surface area (Å²) >= 11 is 0. The number of rotatable bonds is 3. The van der Waals surface area contributed by atoms with Crippen LogP contribution in [0.25, 0.3) is 0 Å². The molecule has 94 valence electrons. The molecule has 0 aromatic rings. The lowest BCUT2D eigenvalue weighted by Gasteiger charge is -2.26. The van der Waals surface area contributed by atoms with Gasteiger partial charge in [0, 0.05) is 19.1 Å². The molecular formula is C13H26N2O. The number of hydrogen-bond acceptors (Lipinski definition) is 1. The highest BCUT2D eigenvalue weighted by Gasteiger charge is 2.19. The molecule has 1 atom stereocenters. The molecule has 1 rings (SSSR count). The highest BCUT2D eigenvalue weighted by atomic mass is 16.2. The van der Waals surface area contributed by atoms with Gasteiger partial charge in [-0.15, -0.1) is 0 Å². The molecule has 3 heteroatoms. The van der Waals surface area contributed by atoms with Crippen molar-refractivity contribution in [2.75, 3.05) is 13.1 Å². The van der Waals surface area contributed by atoms with Crippen molar-refractivity contribution in [1.29, 1.82) is 0 Å². The molecule has 0 aromatic heterocycles. The molecule has 0 bridgehead atoms. The maximum Gasteiger partial charge on any atom is 0.317 e. The fraction of sp³-hybridized carbons (Fsp3) is 0.923. The van der Waals surface area contributed by atoms with Crippen LogP contribution in [0.2, 0.25) is 0 Å². The van der Waals surface area contributed by atoms with Crippen molar-refractivity contribution < 1.29 is 4.79 Å². The van der Waals surface area contributed by atoms with Gasteiger partial charge in [-0.25, -0.2) is 4.79 Å². The summed E-state index contributed by atoms with van der Waals surface area (Å²) in [5.74, 6) is 0.515. The molecule has 1 saturated heterocycles.